The van der Waals surface area contributed by atoms with Crippen LogP contribution in [0, 0.1) is 0 Å². The van der Waals surface area contributed by atoms with E-state index in [1.807, 2.05) is 16.5 Å². The van der Waals surface area contributed by atoms with Crippen LogP contribution in [0.2, 0.25) is 0 Å². The van der Waals surface area contributed by atoms with Gasteiger partial charge in [0.1, 0.15) is 0 Å². The lowest BCUT2D eigenvalue weighted by Crippen LogP contribution is -2.36. The molecule has 27 heavy (non-hydrogen) atoms. The second-order valence-electron chi connectivity index (χ2n) is 6.81. The van der Waals surface area contributed by atoms with Crippen molar-refractivity contribution in [2.24, 2.45) is 7.05 Å². The summed E-state index contributed by atoms with van der Waals surface area (Å²) >= 11 is 1.47. The molecule has 7 heteroatoms. The molecule has 0 radical (unpaired) electrons. The molecule has 1 fully saturated rings. The van der Waals surface area contributed by atoms with Gasteiger partial charge < -0.3 is 14.4 Å². The lowest BCUT2D eigenvalue weighted by atomic mass is 10.1. The van der Waals surface area contributed by atoms with Crippen LogP contribution in [0.3, 0.4) is 0 Å². The summed E-state index contributed by atoms with van der Waals surface area (Å²) in [7, 11) is 1.96. The molecule has 0 spiro atoms. The molecule has 2 heterocycles. The molecule has 0 N–H and O–H groups in total. The first-order chi connectivity index (χ1) is 13.1. The Morgan fingerprint density at radius 1 is 1.07 bits per heavy atom. The summed E-state index contributed by atoms with van der Waals surface area (Å²) in [5.41, 5.74) is 2.25. The first kappa shape index (κ1) is 19.7. The average molecular weight is 388 g/mol. The van der Waals surface area contributed by atoms with E-state index in [4.69, 9.17) is 0 Å². The van der Waals surface area contributed by atoms with Crippen molar-refractivity contribution >= 4 is 23.4 Å². The first-order valence-corrected chi connectivity index (χ1v) is 10.8. The van der Waals surface area contributed by atoms with Gasteiger partial charge >= 0.3 is 0 Å². The lowest BCUT2D eigenvalue weighted by Gasteiger charge is -2.26. The summed E-state index contributed by atoms with van der Waals surface area (Å²) in [5, 5.41) is 9.42. The highest BCUT2D eigenvalue weighted by molar-refractivity contribution is 7.99. The maximum atomic E-state index is 12.4. The standard InChI is InChI=1S/C20H29N5OS/c1-4-24(5-2)17-11-9-16(10-12-17)19-21-22-20(23(19)3)27-15-18(26)25-13-7-6-8-14-25/h9-12H,4-8,13-15H2,1-3H3. The van der Waals surface area contributed by atoms with Gasteiger partial charge in [-0.3, -0.25) is 4.79 Å². The van der Waals surface area contributed by atoms with Gasteiger partial charge in [-0.1, -0.05) is 11.8 Å². The molecular formula is C20H29N5OS. The van der Waals surface area contributed by atoms with E-state index in [1.165, 1.54) is 23.9 Å². The van der Waals surface area contributed by atoms with Crippen LogP contribution in [0.15, 0.2) is 29.4 Å². The second-order valence-corrected chi connectivity index (χ2v) is 7.76. The largest absolute Gasteiger partial charge is 0.372 e. The molecule has 0 atom stereocenters. The Labute approximate surface area is 165 Å². The van der Waals surface area contributed by atoms with Gasteiger partial charge in [-0.2, -0.15) is 0 Å². The number of aromatic nitrogens is 3. The lowest BCUT2D eigenvalue weighted by molar-refractivity contribution is -0.129. The van der Waals surface area contributed by atoms with Gasteiger partial charge in [-0.25, -0.2) is 0 Å². The van der Waals surface area contributed by atoms with E-state index in [-0.39, 0.29) is 5.91 Å². The molecule has 1 aliphatic heterocycles. The Morgan fingerprint density at radius 2 is 1.74 bits per heavy atom. The molecule has 1 aliphatic rings. The van der Waals surface area contributed by atoms with E-state index in [1.54, 1.807) is 0 Å². The molecule has 1 amide bonds. The van der Waals surface area contributed by atoms with Gasteiger partial charge in [0, 0.05) is 44.5 Å². The Balaban J connectivity index is 1.65. The zero-order valence-electron chi connectivity index (χ0n) is 16.5. The summed E-state index contributed by atoms with van der Waals surface area (Å²) in [6.45, 7) is 8.09. The van der Waals surface area contributed by atoms with Gasteiger partial charge in [0.25, 0.3) is 0 Å². The highest BCUT2D eigenvalue weighted by Crippen LogP contribution is 2.25. The van der Waals surface area contributed by atoms with Gasteiger partial charge in [0.2, 0.25) is 5.91 Å². The Hall–Kier alpha value is -2.02. The molecule has 3 rings (SSSR count). The molecule has 6 nitrogen and oxygen atoms in total. The number of anilines is 1. The third-order valence-corrected chi connectivity index (χ3v) is 6.13. The summed E-state index contributed by atoms with van der Waals surface area (Å²) in [4.78, 5) is 16.6. The summed E-state index contributed by atoms with van der Waals surface area (Å²) in [6, 6.07) is 8.43. The van der Waals surface area contributed by atoms with E-state index in [0.29, 0.717) is 5.75 Å². The SMILES string of the molecule is CCN(CC)c1ccc(-c2nnc(SCC(=O)N3CCCCC3)n2C)cc1. The number of benzene rings is 1. The summed E-state index contributed by atoms with van der Waals surface area (Å²) in [5.74, 6) is 1.45. The molecule has 0 saturated carbocycles. The Morgan fingerprint density at radius 3 is 2.37 bits per heavy atom. The van der Waals surface area contributed by atoms with Crippen LogP contribution in [0.25, 0.3) is 11.4 Å². The fraction of sp³-hybridized carbons (Fsp3) is 0.550. The van der Waals surface area contributed by atoms with Crippen molar-refractivity contribution < 1.29 is 4.79 Å². The van der Waals surface area contributed by atoms with Gasteiger partial charge in [0.05, 0.1) is 5.75 Å². The molecule has 1 aromatic carbocycles. The highest BCUT2D eigenvalue weighted by atomic mass is 32.2. The third kappa shape index (κ3) is 4.64. The molecule has 146 valence electrons. The van der Waals surface area contributed by atoms with Gasteiger partial charge in [-0.15, -0.1) is 10.2 Å². The van der Waals surface area contributed by atoms with Crippen molar-refractivity contribution in [1.29, 1.82) is 0 Å². The molecule has 0 bridgehead atoms. The van der Waals surface area contributed by atoms with Crippen LogP contribution in [0.4, 0.5) is 5.69 Å². The Bertz CT molecular complexity index is 748. The van der Waals surface area contributed by atoms with Crippen LogP contribution < -0.4 is 4.90 Å². The van der Waals surface area contributed by atoms with E-state index in [0.717, 1.165) is 55.6 Å². The predicted octanol–water partition coefficient (Wildman–Crippen LogP) is 3.43. The number of hydrogen-bond donors (Lipinski definition) is 0. The number of thioether (sulfide) groups is 1. The van der Waals surface area contributed by atoms with Crippen LogP contribution in [0.1, 0.15) is 33.1 Å². The van der Waals surface area contributed by atoms with Crippen LogP contribution in [-0.4, -0.2) is 57.5 Å². The van der Waals surface area contributed by atoms with Crippen LogP contribution in [-0.2, 0) is 11.8 Å². The number of nitrogens with zero attached hydrogens (tertiary/aromatic N) is 5. The van der Waals surface area contributed by atoms with Crippen LogP contribution in [0.5, 0.6) is 0 Å². The topological polar surface area (TPSA) is 54.3 Å². The van der Waals surface area contributed by atoms with Crippen LogP contribution >= 0.6 is 11.8 Å². The van der Waals surface area contributed by atoms with E-state index in [2.05, 4.69) is 53.2 Å². The highest BCUT2D eigenvalue weighted by Gasteiger charge is 2.18. The molecule has 1 saturated heterocycles. The number of carbonyl (C=O) groups excluding carboxylic acids is 1. The molecule has 1 aromatic heterocycles. The van der Waals surface area contributed by atoms with Crippen molar-refractivity contribution in [2.75, 3.05) is 36.8 Å². The smallest absolute Gasteiger partial charge is 0.233 e. The summed E-state index contributed by atoms with van der Waals surface area (Å²) < 4.78 is 1.97. The van der Waals surface area contributed by atoms with Crippen molar-refractivity contribution in [3.8, 4) is 11.4 Å². The minimum atomic E-state index is 0.202. The minimum absolute atomic E-state index is 0.202. The molecular weight excluding hydrogens is 358 g/mol. The molecule has 0 unspecified atom stereocenters. The third-order valence-electron chi connectivity index (χ3n) is 5.12. The normalized spacial score (nSPS) is 14.4. The van der Waals surface area contributed by atoms with Crippen molar-refractivity contribution in [3.05, 3.63) is 24.3 Å². The fourth-order valence-corrected chi connectivity index (χ4v) is 4.28. The average Bonchev–Trinajstić information content (AvgIpc) is 3.08. The summed E-state index contributed by atoms with van der Waals surface area (Å²) in [6.07, 6.45) is 3.47. The number of rotatable bonds is 7. The van der Waals surface area contributed by atoms with Crippen molar-refractivity contribution in [3.63, 3.8) is 0 Å². The zero-order valence-corrected chi connectivity index (χ0v) is 17.3. The quantitative estimate of drug-likeness (QED) is 0.681. The second kappa shape index (κ2) is 9.26. The van der Waals surface area contributed by atoms with Crippen molar-refractivity contribution in [2.45, 2.75) is 38.3 Å². The number of hydrogen-bond acceptors (Lipinski definition) is 5. The van der Waals surface area contributed by atoms with E-state index < -0.39 is 0 Å². The predicted molar refractivity (Wildman–Crippen MR) is 111 cm³/mol. The van der Waals surface area contributed by atoms with Gasteiger partial charge in [-0.05, 0) is 57.4 Å². The number of carbonyl (C=O) groups is 1. The zero-order chi connectivity index (χ0) is 19.2. The Kier molecular flexibility index (Phi) is 6.77. The number of amides is 1. The van der Waals surface area contributed by atoms with Gasteiger partial charge in [0.15, 0.2) is 11.0 Å². The fourth-order valence-electron chi connectivity index (χ4n) is 3.46. The number of piperidine rings is 1. The van der Waals surface area contributed by atoms with Crippen molar-refractivity contribution in [1.82, 2.24) is 19.7 Å². The monoisotopic (exact) mass is 387 g/mol. The number of likely N-dealkylation sites (tertiary alicyclic amines) is 1. The minimum Gasteiger partial charge on any atom is -0.372 e. The van der Waals surface area contributed by atoms with E-state index in [9.17, 15) is 4.79 Å². The molecule has 2 aromatic rings. The maximum Gasteiger partial charge on any atom is 0.233 e. The maximum absolute atomic E-state index is 12.4. The first-order valence-electron chi connectivity index (χ1n) is 9.79. The molecule has 0 aliphatic carbocycles. The van der Waals surface area contributed by atoms with E-state index >= 15 is 0 Å².